The van der Waals surface area contributed by atoms with E-state index < -0.39 is 5.43 Å². The van der Waals surface area contributed by atoms with E-state index >= 15 is 0 Å². The average Bonchev–Trinajstić information content (AvgIpc) is 2.67. The van der Waals surface area contributed by atoms with Crippen LogP contribution in [0.15, 0.2) is 41.3 Å². The molecule has 0 saturated heterocycles. The molecule has 7 heteroatoms. The predicted molar refractivity (Wildman–Crippen MR) is 109 cm³/mol. The van der Waals surface area contributed by atoms with Crippen LogP contribution in [0.3, 0.4) is 0 Å². The number of hydrogen-bond acceptors (Lipinski definition) is 4. The normalized spacial score (nSPS) is 11.0. The predicted octanol–water partition coefficient (Wildman–Crippen LogP) is 3.15. The maximum absolute atomic E-state index is 14.4. The molecule has 1 heterocycles. The van der Waals surface area contributed by atoms with Gasteiger partial charge >= 0.3 is 0 Å². The van der Waals surface area contributed by atoms with Crippen LogP contribution in [0.5, 0.6) is 5.75 Å². The summed E-state index contributed by atoms with van der Waals surface area (Å²) < 4.78 is 22.0. The number of rotatable bonds is 6. The molecule has 0 spiro atoms. The van der Waals surface area contributed by atoms with Crippen molar-refractivity contribution in [2.75, 3.05) is 13.7 Å². The molecule has 0 amide bonds. The number of fused-ring (bicyclic) bond motifs is 1. The van der Waals surface area contributed by atoms with Crippen LogP contribution in [0.4, 0.5) is 4.39 Å². The Kier molecular flexibility index (Phi) is 5.91. The lowest BCUT2D eigenvalue weighted by molar-refractivity contribution is 0.112. The Bertz CT molecular complexity index is 1080. The Labute approximate surface area is 168 Å². The molecule has 0 aliphatic heterocycles. The number of hydrogen-bond donors (Lipinski definition) is 1. The summed E-state index contributed by atoms with van der Waals surface area (Å²) in [4.78, 5) is 23.9. The third kappa shape index (κ3) is 3.74. The second-order valence-corrected chi connectivity index (χ2v) is 7.18. The topological polar surface area (TPSA) is 68.5 Å². The third-order valence-corrected chi connectivity index (χ3v) is 5.22. The third-order valence-electron chi connectivity index (χ3n) is 4.39. The van der Waals surface area contributed by atoms with Crippen LogP contribution in [0.25, 0.3) is 10.9 Å². The van der Waals surface area contributed by atoms with Crippen LogP contribution in [-0.2, 0) is 13.0 Å². The molecule has 140 valence electrons. The Hall–Kier alpha value is -2.26. The van der Waals surface area contributed by atoms with Gasteiger partial charge in [0, 0.05) is 34.2 Å². The molecule has 0 saturated carbocycles. The van der Waals surface area contributed by atoms with E-state index in [1.54, 1.807) is 34.9 Å². The van der Waals surface area contributed by atoms with Gasteiger partial charge in [-0.05, 0) is 45.9 Å². The zero-order valence-electron chi connectivity index (χ0n) is 14.5. The molecule has 3 rings (SSSR count). The first-order chi connectivity index (χ1) is 13.0. The fraction of sp³-hybridized carbons (Fsp3) is 0.200. The van der Waals surface area contributed by atoms with Crippen molar-refractivity contribution in [1.29, 1.82) is 0 Å². The first kappa shape index (κ1) is 19.5. The smallest absolute Gasteiger partial charge is 0.199 e. The number of benzene rings is 2. The number of nitrogens with zero attached hydrogens (tertiary/aromatic N) is 1. The van der Waals surface area contributed by atoms with Gasteiger partial charge in [-0.1, -0.05) is 12.1 Å². The van der Waals surface area contributed by atoms with Gasteiger partial charge in [0.25, 0.3) is 0 Å². The highest BCUT2D eigenvalue weighted by molar-refractivity contribution is 14.1. The number of carbonyl (C=O) groups excluding carboxylic acids is 1. The number of methoxy groups -OCH3 is 1. The van der Waals surface area contributed by atoms with Crippen molar-refractivity contribution in [3.8, 4) is 5.75 Å². The van der Waals surface area contributed by atoms with Crippen molar-refractivity contribution < 1.29 is 19.0 Å². The largest absolute Gasteiger partial charge is 0.496 e. The number of aliphatic hydroxyl groups is 1. The molecular formula is C20H17FINO4. The maximum atomic E-state index is 14.4. The van der Waals surface area contributed by atoms with Gasteiger partial charge in [-0.2, -0.15) is 0 Å². The fourth-order valence-electron chi connectivity index (χ4n) is 3.08. The van der Waals surface area contributed by atoms with Gasteiger partial charge in [0.05, 0.1) is 24.8 Å². The van der Waals surface area contributed by atoms with Crippen LogP contribution < -0.4 is 10.2 Å². The van der Waals surface area contributed by atoms with Crippen molar-refractivity contribution in [2.45, 2.75) is 13.0 Å². The SMILES string of the molecule is COc1cc2c(cc1Cc1cccc(I)c1F)c(=O)c(C=O)cn2CCO. The molecule has 1 aromatic heterocycles. The molecule has 0 aliphatic rings. The minimum atomic E-state index is -0.402. The number of aldehydes is 1. The van der Waals surface area contributed by atoms with Gasteiger partial charge in [-0.25, -0.2) is 4.39 Å². The molecule has 2 aromatic carbocycles. The Morgan fingerprint density at radius 2 is 2.07 bits per heavy atom. The summed E-state index contributed by atoms with van der Waals surface area (Å²) in [6, 6.07) is 8.46. The van der Waals surface area contributed by atoms with E-state index in [0.29, 0.717) is 37.6 Å². The van der Waals surface area contributed by atoms with Gasteiger partial charge in [-0.15, -0.1) is 0 Å². The Balaban J connectivity index is 2.24. The average molecular weight is 481 g/mol. The van der Waals surface area contributed by atoms with Gasteiger partial charge in [0.2, 0.25) is 0 Å². The van der Waals surface area contributed by atoms with Crippen LogP contribution in [-0.4, -0.2) is 29.7 Å². The zero-order chi connectivity index (χ0) is 19.6. The molecule has 0 fully saturated rings. The molecule has 3 aromatic rings. The van der Waals surface area contributed by atoms with Crippen molar-refractivity contribution in [3.63, 3.8) is 0 Å². The number of pyridine rings is 1. The van der Waals surface area contributed by atoms with E-state index in [1.807, 2.05) is 22.6 Å². The molecule has 27 heavy (non-hydrogen) atoms. The van der Waals surface area contributed by atoms with E-state index in [0.717, 1.165) is 0 Å². The van der Waals surface area contributed by atoms with E-state index in [1.165, 1.54) is 13.3 Å². The first-order valence-corrected chi connectivity index (χ1v) is 9.31. The van der Waals surface area contributed by atoms with Gasteiger partial charge < -0.3 is 14.4 Å². The summed E-state index contributed by atoms with van der Waals surface area (Å²) in [6.45, 7) is 0.0830. The molecule has 0 radical (unpaired) electrons. The molecule has 0 atom stereocenters. The lowest BCUT2D eigenvalue weighted by Crippen LogP contribution is -2.16. The zero-order valence-corrected chi connectivity index (χ0v) is 16.7. The molecule has 0 bridgehead atoms. The van der Waals surface area contributed by atoms with Crippen LogP contribution >= 0.6 is 22.6 Å². The van der Waals surface area contributed by atoms with E-state index in [9.17, 15) is 19.1 Å². The second-order valence-electron chi connectivity index (χ2n) is 6.02. The molecule has 5 nitrogen and oxygen atoms in total. The lowest BCUT2D eigenvalue weighted by atomic mass is 10.0. The monoisotopic (exact) mass is 481 g/mol. The minimum absolute atomic E-state index is 0.00695. The molecule has 1 N–H and O–H groups in total. The first-order valence-electron chi connectivity index (χ1n) is 8.23. The molecule has 0 aliphatic carbocycles. The summed E-state index contributed by atoms with van der Waals surface area (Å²) in [5.74, 6) is 0.199. The van der Waals surface area contributed by atoms with Crippen LogP contribution in [0.1, 0.15) is 21.5 Å². The van der Waals surface area contributed by atoms with E-state index in [2.05, 4.69) is 0 Å². The minimum Gasteiger partial charge on any atom is -0.496 e. The molecule has 0 unspecified atom stereocenters. The number of carbonyl (C=O) groups is 1. The standard InChI is InChI=1S/C20H17FINO4/c1-27-18-9-17-15(20(26)14(11-25)10-23(17)5-6-24)8-13(18)7-12-3-2-4-16(22)19(12)21/h2-4,8-11,24H,5-7H2,1H3. The van der Waals surface area contributed by atoms with Crippen LogP contribution in [0, 0.1) is 9.39 Å². The quantitative estimate of drug-likeness (QED) is 0.434. The van der Waals surface area contributed by atoms with E-state index in [4.69, 9.17) is 4.74 Å². The van der Waals surface area contributed by atoms with Gasteiger partial charge in [0.15, 0.2) is 11.7 Å². The van der Waals surface area contributed by atoms with Gasteiger partial charge in [-0.3, -0.25) is 9.59 Å². The summed E-state index contributed by atoms with van der Waals surface area (Å²) in [5.41, 5.74) is 1.28. The van der Waals surface area contributed by atoms with Crippen molar-refractivity contribution >= 4 is 39.8 Å². The van der Waals surface area contributed by atoms with Crippen molar-refractivity contribution in [1.82, 2.24) is 4.57 Å². The number of aromatic nitrogens is 1. The number of halogens is 2. The van der Waals surface area contributed by atoms with Crippen molar-refractivity contribution in [2.24, 2.45) is 0 Å². The Morgan fingerprint density at radius 1 is 1.30 bits per heavy atom. The van der Waals surface area contributed by atoms with E-state index in [-0.39, 0.29) is 31.0 Å². The Morgan fingerprint density at radius 3 is 2.74 bits per heavy atom. The molecular weight excluding hydrogens is 464 g/mol. The van der Waals surface area contributed by atoms with Gasteiger partial charge in [0.1, 0.15) is 11.6 Å². The summed E-state index contributed by atoms with van der Waals surface area (Å²) in [7, 11) is 1.50. The maximum Gasteiger partial charge on any atom is 0.199 e. The number of aliphatic hydroxyl groups excluding tert-OH is 1. The van der Waals surface area contributed by atoms with Crippen LogP contribution in [0.2, 0.25) is 0 Å². The number of ether oxygens (including phenoxy) is 1. The fourth-order valence-corrected chi connectivity index (χ4v) is 3.63. The summed E-state index contributed by atoms with van der Waals surface area (Å²) in [6.07, 6.45) is 2.16. The highest BCUT2D eigenvalue weighted by Gasteiger charge is 2.15. The summed E-state index contributed by atoms with van der Waals surface area (Å²) >= 11 is 1.93. The highest BCUT2D eigenvalue weighted by Crippen LogP contribution is 2.28. The van der Waals surface area contributed by atoms with Crippen molar-refractivity contribution in [3.05, 3.63) is 72.8 Å². The summed E-state index contributed by atoms with van der Waals surface area (Å²) in [5, 5.41) is 9.61. The highest BCUT2D eigenvalue weighted by atomic mass is 127. The second kappa shape index (κ2) is 8.18. The lowest BCUT2D eigenvalue weighted by Gasteiger charge is -2.15.